The number of benzene rings is 3. The first-order valence-corrected chi connectivity index (χ1v) is 12.7. The Labute approximate surface area is 222 Å². The molecule has 0 bridgehead atoms. The van der Waals surface area contributed by atoms with Gasteiger partial charge in [0.05, 0.1) is 19.8 Å². The number of ether oxygens (including phenoxy) is 2. The van der Waals surface area contributed by atoms with Crippen LogP contribution in [0.5, 0.6) is 11.5 Å². The summed E-state index contributed by atoms with van der Waals surface area (Å²) in [4.78, 5) is 28.5. The number of para-hydroxylation sites is 1. The van der Waals surface area contributed by atoms with E-state index in [1.54, 1.807) is 73.8 Å². The molecular weight excluding hydrogens is 490 g/mol. The van der Waals surface area contributed by atoms with Crippen LogP contribution in [0.4, 0.5) is 5.69 Å². The second-order valence-electron chi connectivity index (χ2n) is 9.14. The molecule has 0 aromatic heterocycles. The standard InChI is InChI=1S/C29H32ClN3O4/c1-36-22-14-11-19(12-15-22)29(35)33(26-9-5-4-8-25(26)31)18-20-17-21(13-16-24(20)30)32-28(34)23-7-3-6-10-27(23)37-2/h3,6-7,10-17,25-26H,4-5,8-9,18,31H2,1-2H3,(H,32,34). The first-order valence-electron chi connectivity index (χ1n) is 12.3. The summed E-state index contributed by atoms with van der Waals surface area (Å²) in [6.45, 7) is 0.264. The number of hydrogen-bond donors (Lipinski definition) is 2. The number of nitrogens with two attached hydrogens (primary N) is 1. The van der Waals surface area contributed by atoms with E-state index in [2.05, 4.69) is 5.32 Å². The fourth-order valence-corrected chi connectivity index (χ4v) is 4.93. The molecule has 1 aliphatic rings. The topological polar surface area (TPSA) is 93.9 Å². The van der Waals surface area contributed by atoms with Crippen molar-refractivity contribution in [3.05, 3.63) is 88.4 Å². The third-order valence-electron chi connectivity index (χ3n) is 6.78. The van der Waals surface area contributed by atoms with Crippen LogP contribution < -0.4 is 20.5 Å². The van der Waals surface area contributed by atoms with Crippen molar-refractivity contribution < 1.29 is 19.1 Å². The predicted octanol–water partition coefficient (Wildman–Crippen LogP) is 5.52. The highest BCUT2D eigenvalue weighted by Gasteiger charge is 2.32. The summed E-state index contributed by atoms with van der Waals surface area (Å²) in [6.07, 6.45) is 3.74. The van der Waals surface area contributed by atoms with Crippen molar-refractivity contribution in [2.45, 2.75) is 44.3 Å². The summed E-state index contributed by atoms with van der Waals surface area (Å²) in [6, 6.07) is 19.1. The lowest BCUT2D eigenvalue weighted by atomic mass is 9.89. The maximum atomic E-state index is 13.7. The summed E-state index contributed by atoms with van der Waals surface area (Å²) >= 11 is 6.59. The van der Waals surface area contributed by atoms with Gasteiger partial charge in [0.1, 0.15) is 11.5 Å². The molecule has 37 heavy (non-hydrogen) atoms. The Balaban J connectivity index is 1.61. The van der Waals surface area contributed by atoms with Gasteiger partial charge in [-0.15, -0.1) is 0 Å². The zero-order valence-electron chi connectivity index (χ0n) is 21.1. The van der Waals surface area contributed by atoms with E-state index in [0.29, 0.717) is 33.3 Å². The zero-order chi connectivity index (χ0) is 26.4. The number of amides is 2. The lowest BCUT2D eigenvalue weighted by molar-refractivity contribution is 0.0583. The Bertz CT molecular complexity index is 1250. The SMILES string of the molecule is COc1ccc(C(=O)N(Cc2cc(NC(=O)c3ccccc3OC)ccc2Cl)C2CCCCC2N)cc1. The molecule has 3 N–H and O–H groups in total. The monoisotopic (exact) mass is 521 g/mol. The molecule has 2 unspecified atom stereocenters. The van der Waals surface area contributed by atoms with Gasteiger partial charge in [0.2, 0.25) is 0 Å². The van der Waals surface area contributed by atoms with Crippen molar-refractivity contribution >= 4 is 29.1 Å². The Morgan fingerprint density at radius 3 is 2.43 bits per heavy atom. The Morgan fingerprint density at radius 1 is 1.00 bits per heavy atom. The minimum absolute atomic E-state index is 0.119. The van der Waals surface area contributed by atoms with E-state index in [9.17, 15) is 9.59 Å². The smallest absolute Gasteiger partial charge is 0.259 e. The number of rotatable bonds is 8. The van der Waals surface area contributed by atoms with Crippen molar-refractivity contribution in [3.8, 4) is 11.5 Å². The Morgan fingerprint density at radius 2 is 1.73 bits per heavy atom. The predicted molar refractivity (Wildman–Crippen MR) is 145 cm³/mol. The number of carbonyl (C=O) groups is 2. The molecule has 7 nitrogen and oxygen atoms in total. The highest BCUT2D eigenvalue weighted by Crippen LogP contribution is 2.29. The van der Waals surface area contributed by atoms with E-state index in [1.165, 1.54) is 7.11 Å². The molecule has 0 aliphatic heterocycles. The fourth-order valence-electron chi connectivity index (χ4n) is 4.75. The Kier molecular flexibility index (Phi) is 8.69. The van der Waals surface area contributed by atoms with Crippen molar-refractivity contribution in [1.82, 2.24) is 4.90 Å². The van der Waals surface area contributed by atoms with Crippen molar-refractivity contribution in [2.24, 2.45) is 5.73 Å². The number of halogens is 1. The molecule has 3 aromatic carbocycles. The maximum Gasteiger partial charge on any atom is 0.259 e. The molecule has 8 heteroatoms. The van der Waals surface area contributed by atoms with Crippen LogP contribution >= 0.6 is 11.6 Å². The largest absolute Gasteiger partial charge is 0.497 e. The number of carbonyl (C=O) groups excluding carboxylic acids is 2. The molecule has 2 atom stereocenters. The number of nitrogens with zero attached hydrogens (tertiary/aromatic N) is 1. The number of methoxy groups -OCH3 is 2. The molecule has 2 amide bonds. The quantitative estimate of drug-likeness (QED) is 0.407. The minimum Gasteiger partial charge on any atom is -0.497 e. The van der Waals surface area contributed by atoms with Gasteiger partial charge < -0.3 is 25.4 Å². The second kappa shape index (κ2) is 12.1. The molecule has 1 fully saturated rings. The third-order valence-corrected chi connectivity index (χ3v) is 7.14. The number of hydrogen-bond acceptors (Lipinski definition) is 5. The summed E-state index contributed by atoms with van der Waals surface area (Å²) in [5.41, 5.74) is 8.77. The van der Waals surface area contributed by atoms with E-state index in [4.69, 9.17) is 26.8 Å². The van der Waals surface area contributed by atoms with Crippen LogP contribution in [0.3, 0.4) is 0 Å². The molecule has 0 heterocycles. The van der Waals surface area contributed by atoms with Crippen LogP contribution in [0.15, 0.2) is 66.7 Å². The molecule has 1 saturated carbocycles. The van der Waals surface area contributed by atoms with E-state index in [-0.39, 0.29) is 30.4 Å². The summed E-state index contributed by atoms with van der Waals surface area (Å²) in [5.74, 6) is 0.742. The van der Waals surface area contributed by atoms with E-state index in [1.807, 2.05) is 4.90 Å². The maximum absolute atomic E-state index is 13.7. The van der Waals surface area contributed by atoms with Crippen LogP contribution in [0.1, 0.15) is 52.0 Å². The average Bonchev–Trinajstić information content (AvgIpc) is 2.93. The third kappa shape index (κ3) is 6.24. The number of nitrogens with one attached hydrogen (secondary N) is 1. The highest BCUT2D eigenvalue weighted by molar-refractivity contribution is 6.31. The van der Waals surface area contributed by atoms with Crippen LogP contribution in [0.25, 0.3) is 0 Å². The van der Waals surface area contributed by atoms with Crippen LogP contribution in [-0.4, -0.2) is 43.0 Å². The molecule has 0 spiro atoms. The first kappa shape index (κ1) is 26.5. The lowest BCUT2D eigenvalue weighted by Crippen LogP contribution is -2.51. The van der Waals surface area contributed by atoms with Gasteiger partial charge in [0.15, 0.2) is 0 Å². The summed E-state index contributed by atoms with van der Waals surface area (Å²) in [5, 5.41) is 3.42. The van der Waals surface area contributed by atoms with Gasteiger partial charge in [-0.2, -0.15) is 0 Å². The Hall–Kier alpha value is -3.55. The van der Waals surface area contributed by atoms with Gasteiger partial charge in [-0.1, -0.05) is 36.6 Å². The highest BCUT2D eigenvalue weighted by atomic mass is 35.5. The first-order chi connectivity index (χ1) is 17.9. The lowest BCUT2D eigenvalue weighted by Gasteiger charge is -2.38. The molecule has 4 rings (SSSR count). The second-order valence-corrected chi connectivity index (χ2v) is 9.55. The van der Waals surface area contributed by atoms with E-state index >= 15 is 0 Å². The molecule has 0 saturated heterocycles. The minimum atomic E-state index is -0.300. The van der Waals surface area contributed by atoms with Crippen LogP contribution in [-0.2, 0) is 6.54 Å². The average molecular weight is 522 g/mol. The van der Waals surface area contributed by atoms with Gasteiger partial charge in [-0.25, -0.2) is 0 Å². The molecule has 0 radical (unpaired) electrons. The normalized spacial score (nSPS) is 17.1. The van der Waals surface area contributed by atoms with E-state index < -0.39 is 0 Å². The molecule has 3 aromatic rings. The van der Waals surface area contributed by atoms with E-state index in [0.717, 1.165) is 31.2 Å². The fraction of sp³-hybridized carbons (Fsp3) is 0.310. The van der Waals surface area contributed by atoms with Gasteiger partial charge in [-0.3, -0.25) is 9.59 Å². The van der Waals surface area contributed by atoms with Gasteiger partial charge in [0, 0.05) is 34.9 Å². The van der Waals surface area contributed by atoms with Crippen molar-refractivity contribution in [3.63, 3.8) is 0 Å². The zero-order valence-corrected chi connectivity index (χ0v) is 21.8. The van der Waals surface area contributed by atoms with Crippen LogP contribution in [0, 0.1) is 0 Å². The van der Waals surface area contributed by atoms with Crippen molar-refractivity contribution in [2.75, 3.05) is 19.5 Å². The van der Waals surface area contributed by atoms with Crippen LogP contribution in [0.2, 0.25) is 5.02 Å². The van der Waals surface area contributed by atoms with Gasteiger partial charge >= 0.3 is 0 Å². The molecule has 1 aliphatic carbocycles. The van der Waals surface area contributed by atoms with Crippen molar-refractivity contribution in [1.29, 1.82) is 0 Å². The van der Waals surface area contributed by atoms with Gasteiger partial charge in [-0.05, 0) is 73.0 Å². The van der Waals surface area contributed by atoms with Gasteiger partial charge in [0.25, 0.3) is 11.8 Å². The molecular formula is C29H32ClN3O4. The molecule has 194 valence electrons. The summed E-state index contributed by atoms with van der Waals surface area (Å²) in [7, 11) is 3.11. The number of anilines is 1. The summed E-state index contributed by atoms with van der Waals surface area (Å²) < 4.78 is 10.6.